The molecule has 0 N–H and O–H groups in total. The Morgan fingerprint density at radius 3 is 2.52 bits per heavy atom. The number of rotatable bonds is 5. The highest BCUT2D eigenvalue weighted by molar-refractivity contribution is 5.78. The van der Waals surface area contributed by atoms with Crippen LogP contribution >= 0.6 is 0 Å². The maximum Gasteiger partial charge on any atom is 0.161 e. The first-order valence-electron chi connectivity index (χ1n) is 8.56. The third-order valence-corrected chi connectivity index (χ3v) is 4.30. The van der Waals surface area contributed by atoms with E-state index < -0.39 is 0 Å². The van der Waals surface area contributed by atoms with Gasteiger partial charge in [-0.15, -0.1) is 0 Å². The average Bonchev–Trinajstić information content (AvgIpc) is 3.25. The Bertz CT molecular complexity index is 1130. The summed E-state index contributed by atoms with van der Waals surface area (Å²) >= 11 is 0. The molecule has 136 valence electrons. The number of fused-ring (bicyclic) bond motifs is 1. The number of ether oxygens (including phenoxy) is 2. The van der Waals surface area contributed by atoms with Crippen LogP contribution in [0.15, 0.2) is 80.8 Å². The summed E-state index contributed by atoms with van der Waals surface area (Å²) in [7, 11) is 3.23. The Kier molecular flexibility index (Phi) is 4.66. The highest BCUT2D eigenvalue weighted by Crippen LogP contribution is 2.32. The summed E-state index contributed by atoms with van der Waals surface area (Å²) in [5, 5.41) is 1.80. The van der Waals surface area contributed by atoms with Crippen LogP contribution < -0.4 is 14.8 Å². The van der Waals surface area contributed by atoms with Crippen LogP contribution in [-0.2, 0) is 6.54 Å². The van der Waals surface area contributed by atoms with E-state index in [1.54, 1.807) is 20.5 Å². The van der Waals surface area contributed by atoms with Crippen LogP contribution in [0, 0.1) is 0 Å². The second-order valence-corrected chi connectivity index (χ2v) is 5.96. The normalized spacial score (nSPS) is 11.7. The minimum Gasteiger partial charge on any atom is -0.493 e. The van der Waals surface area contributed by atoms with Crippen molar-refractivity contribution in [2.24, 2.45) is 4.99 Å². The van der Waals surface area contributed by atoms with Gasteiger partial charge in [0.1, 0.15) is 17.1 Å². The summed E-state index contributed by atoms with van der Waals surface area (Å²) in [4.78, 5) is 4.73. The van der Waals surface area contributed by atoms with Gasteiger partial charge in [0.2, 0.25) is 0 Å². The quantitative estimate of drug-likeness (QED) is 0.512. The minimum absolute atomic E-state index is 0.465. The van der Waals surface area contributed by atoms with E-state index in [0.29, 0.717) is 23.8 Å². The van der Waals surface area contributed by atoms with Crippen molar-refractivity contribution in [3.63, 3.8) is 0 Å². The van der Waals surface area contributed by atoms with Crippen LogP contribution in [0.25, 0.3) is 22.3 Å². The molecule has 27 heavy (non-hydrogen) atoms. The Hall–Kier alpha value is -3.47. The van der Waals surface area contributed by atoms with Crippen molar-refractivity contribution in [1.82, 2.24) is 0 Å². The first kappa shape index (κ1) is 17.0. The number of hydrogen-bond donors (Lipinski definition) is 0. The van der Waals surface area contributed by atoms with E-state index in [1.165, 1.54) is 0 Å². The van der Waals surface area contributed by atoms with Gasteiger partial charge in [0.25, 0.3) is 0 Å². The van der Waals surface area contributed by atoms with E-state index in [9.17, 15) is 0 Å². The van der Waals surface area contributed by atoms with E-state index in [2.05, 4.69) is 0 Å². The lowest BCUT2D eigenvalue weighted by Gasteiger charge is -2.10. The molecule has 5 heteroatoms. The smallest absolute Gasteiger partial charge is 0.161 e. The summed E-state index contributed by atoms with van der Waals surface area (Å²) in [6, 6.07) is 19.2. The van der Waals surface area contributed by atoms with Crippen LogP contribution in [0.2, 0.25) is 0 Å². The molecule has 4 rings (SSSR count). The number of para-hydroxylation sites is 1. The van der Waals surface area contributed by atoms with Crippen molar-refractivity contribution in [3.8, 4) is 22.8 Å². The third-order valence-electron chi connectivity index (χ3n) is 4.30. The second kappa shape index (κ2) is 7.41. The number of furan rings is 1. The van der Waals surface area contributed by atoms with Gasteiger partial charge in [0.15, 0.2) is 11.5 Å². The van der Waals surface area contributed by atoms with E-state index in [4.69, 9.17) is 23.3 Å². The molecule has 0 amide bonds. The maximum atomic E-state index is 6.12. The molecule has 0 aliphatic carbocycles. The van der Waals surface area contributed by atoms with Gasteiger partial charge in [0.05, 0.1) is 32.4 Å². The largest absolute Gasteiger partial charge is 0.493 e. The molecule has 2 aromatic heterocycles. The molecule has 4 aromatic rings. The van der Waals surface area contributed by atoms with Gasteiger partial charge in [-0.1, -0.05) is 12.1 Å². The Morgan fingerprint density at radius 2 is 1.74 bits per heavy atom. The molecular weight excluding hydrogens is 342 g/mol. The molecule has 0 bridgehead atoms. The lowest BCUT2D eigenvalue weighted by molar-refractivity contribution is 0.355. The number of benzene rings is 2. The molecule has 0 fully saturated rings. The summed E-state index contributed by atoms with van der Waals surface area (Å²) in [5.74, 6) is 2.83. The van der Waals surface area contributed by atoms with Crippen LogP contribution in [0.3, 0.4) is 0 Å². The van der Waals surface area contributed by atoms with Gasteiger partial charge in [-0.3, -0.25) is 4.99 Å². The Morgan fingerprint density at radius 1 is 0.889 bits per heavy atom. The molecule has 0 unspecified atom stereocenters. The molecule has 0 saturated carbocycles. The summed E-state index contributed by atoms with van der Waals surface area (Å²) in [6.45, 7) is 0.465. The van der Waals surface area contributed by atoms with Gasteiger partial charge in [0, 0.05) is 17.0 Å². The number of methoxy groups -OCH3 is 2. The SMILES string of the molecule is COc1ccc(-c2cc(=NCc3ccco3)c3ccccc3o2)cc1OC. The van der Waals surface area contributed by atoms with E-state index in [0.717, 1.165) is 27.7 Å². The van der Waals surface area contributed by atoms with E-state index >= 15 is 0 Å². The first-order valence-corrected chi connectivity index (χ1v) is 8.56. The monoisotopic (exact) mass is 361 g/mol. The molecule has 5 nitrogen and oxygen atoms in total. The van der Waals surface area contributed by atoms with Crippen LogP contribution in [0.5, 0.6) is 11.5 Å². The highest BCUT2D eigenvalue weighted by atomic mass is 16.5. The predicted molar refractivity (Wildman–Crippen MR) is 103 cm³/mol. The molecule has 2 aromatic carbocycles. The molecule has 2 heterocycles. The van der Waals surface area contributed by atoms with E-state index in [1.807, 2.05) is 60.7 Å². The zero-order valence-electron chi connectivity index (χ0n) is 15.1. The van der Waals surface area contributed by atoms with Crippen molar-refractivity contribution in [1.29, 1.82) is 0 Å². The van der Waals surface area contributed by atoms with Crippen molar-refractivity contribution in [2.75, 3.05) is 14.2 Å². The van der Waals surface area contributed by atoms with Crippen molar-refractivity contribution < 1.29 is 18.3 Å². The Labute approximate surface area is 156 Å². The van der Waals surface area contributed by atoms with Crippen molar-refractivity contribution in [3.05, 3.63) is 78.0 Å². The van der Waals surface area contributed by atoms with Crippen molar-refractivity contribution in [2.45, 2.75) is 6.54 Å². The van der Waals surface area contributed by atoms with Gasteiger partial charge < -0.3 is 18.3 Å². The lowest BCUT2D eigenvalue weighted by atomic mass is 10.1. The fourth-order valence-corrected chi connectivity index (χ4v) is 2.95. The van der Waals surface area contributed by atoms with Gasteiger partial charge in [-0.25, -0.2) is 0 Å². The average molecular weight is 361 g/mol. The molecular formula is C22H19NO4. The van der Waals surface area contributed by atoms with Gasteiger partial charge >= 0.3 is 0 Å². The lowest BCUT2D eigenvalue weighted by Crippen LogP contribution is -2.04. The number of nitrogens with zero attached hydrogens (tertiary/aromatic N) is 1. The van der Waals surface area contributed by atoms with E-state index in [-0.39, 0.29) is 0 Å². The molecule has 0 aliphatic heterocycles. The highest BCUT2D eigenvalue weighted by Gasteiger charge is 2.10. The van der Waals surface area contributed by atoms with Crippen LogP contribution in [0.1, 0.15) is 5.76 Å². The van der Waals surface area contributed by atoms with Crippen LogP contribution in [0.4, 0.5) is 0 Å². The molecule has 0 atom stereocenters. The first-order chi connectivity index (χ1) is 13.3. The Balaban J connectivity index is 1.86. The zero-order chi connectivity index (χ0) is 18.6. The topological polar surface area (TPSA) is 57.1 Å². The number of hydrogen-bond acceptors (Lipinski definition) is 5. The van der Waals surface area contributed by atoms with Crippen molar-refractivity contribution >= 4 is 11.0 Å². The zero-order valence-corrected chi connectivity index (χ0v) is 15.1. The fourth-order valence-electron chi connectivity index (χ4n) is 2.95. The maximum absolute atomic E-state index is 6.12. The third kappa shape index (κ3) is 3.44. The summed E-state index contributed by atoms with van der Waals surface area (Å²) in [5.41, 5.74) is 1.65. The summed E-state index contributed by atoms with van der Waals surface area (Å²) < 4.78 is 22.2. The van der Waals surface area contributed by atoms with Gasteiger partial charge in [-0.05, 0) is 42.5 Å². The standard InChI is InChI=1S/C22H19NO4/c1-24-20-10-9-15(12-22(20)25-2)21-13-18(23-14-16-6-5-11-26-16)17-7-3-4-8-19(17)27-21/h3-13H,14H2,1-2H3. The predicted octanol–water partition coefficient (Wildman–Crippen LogP) is 4.81. The molecule has 0 spiro atoms. The second-order valence-electron chi connectivity index (χ2n) is 5.96. The van der Waals surface area contributed by atoms with Gasteiger partial charge in [-0.2, -0.15) is 0 Å². The van der Waals surface area contributed by atoms with Crippen LogP contribution in [-0.4, -0.2) is 14.2 Å². The fraction of sp³-hybridized carbons (Fsp3) is 0.136. The molecule has 0 aliphatic rings. The molecule has 0 saturated heterocycles. The molecule has 0 radical (unpaired) electrons. The summed E-state index contributed by atoms with van der Waals surface area (Å²) in [6.07, 6.45) is 1.65. The minimum atomic E-state index is 0.465.